The second-order valence-electron chi connectivity index (χ2n) is 2.55. The first-order valence-corrected chi connectivity index (χ1v) is 5.50. The van der Waals surface area contributed by atoms with Crippen LogP contribution in [-0.4, -0.2) is 15.8 Å². The molecule has 1 aromatic carbocycles. The third kappa shape index (κ3) is 2.49. The standard InChI is InChI=1S/C9H8N2.CH3Br/c1-7-2-3-8-9(6-7)11-5-4-10-8;1-2/h2-6H,1H3;1H3. The summed E-state index contributed by atoms with van der Waals surface area (Å²) in [4.78, 5) is 8.34. The molecule has 0 aliphatic rings. The molecule has 2 nitrogen and oxygen atoms in total. The first kappa shape index (κ1) is 10.1. The van der Waals surface area contributed by atoms with Crippen molar-refractivity contribution in [1.82, 2.24) is 9.97 Å². The van der Waals surface area contributed by atoms with Crippen LogP contribution in [0.2, 0.25) is 0 Å². The molecule has 0 fully saturated rings. The van der Waals surface area contributed by atoms with Crippen LogP contribution in [0.1, 0.15) is 5.56 Å². The van der Waals surface area contributed by atoms with Crippen molar-refractivity contribution in [2.45, 2.75) is 6.92 Å². The lowest BCUT2D eigenvalue weighted by molar-refractivity contribution is 1.28. The van der Waals surface area contributed by atoms with E-state index >= 15 is 0 Å². The van der Waals surface area contributed by atoms with E-state index in [1.807, 2.05) is 31.0 Å². The molecule has 0 saturated heterocycles. The molecule has 0 radical (unpaired) electrons. The van der Waals surface area contributed by atoms with Crippen LogP contribution in [0.3, 0.4) is 0 Å². The Morgan fingerprint density at radius 1 is 1.00 bits per heavy atom. The molecule has 0 saturated carbocycles. The average Bonchev–Trinajstić information content (AvgIpc) is 2.21. The van der Waals surface area contributed by atoms with Crippen LogP contribution in [-0.2, 0) is 0 Å². The molecule has 0 aliphatic heterocycles. The maximum Gasteiger partial charge on any atom is 0.0889 e. The highest BCUT2D eigenvalue weighted by Gasteiger charge is 1.92. The second kappa shape index (κ2) is 4.92. The Morgan fingerprint density at radius 2 is 1.62 bits per heavy atom. The number of fused-ring (bicyclic) bond motifs is 1. The van der Waals surface area contributed by atoms with Crippen molar-refractivity contribution in [2.24, 2.45) is 0 Å². The van der Waals surface area contributed by atoms with Crippen LogP contribution in [0.5, 0.6) is 0 Å². The molecule has 0 atom stereocenters. The van der Waals surface area contributed by atoms with Gasteiger partial charge < -0.3 is 0 Å². The predicted octanol–water partition coefficient (Wildman–Crippen LogP) is 2.95. The number of aryl methyl sites for hydroxylation is 1. The third-order valence-corrected chi connectivity index (χ3v) is 1.62. The monoisotopic (exact) mass is 238 g/mol. The van der Waals surface area contributed by atoms with E-state index in [0.717, 1.165) is 11.0 Å². The summed E-state index contributed by atoms with van der Waals surface area (Å²) in [5.74, 6) is 1.81. The second-order valence-corrected chi connectivity index (χ2v) is 2.55. The Bertz CT molecular complexity index is 387. The Hall–Kier alpha value is -0.960. The maximum atomic E-state index is 4.18. The van der Waals surface area contributed by atoms with Crippen molar-refractivity contribution < 1.29 is 0 Å². The lowest BCUT2D eigenvalue weighted by Gasteiger charge is -1.95. The molecule has 0 amide bonds. The fourth-order valence-corrected chi connectivity index (χ4v) is 1.07. The number of nitrogens with zero attached hydrogens (tertiary/aromatic N) is 2. The molecule has 0 unspecified atom stereocenters. The molecule has 0 bridgehead atoms. The van der Waals surface area contributed by atoms with E-state index in [0.29, 0.717) is 0 Å². The number of rotatable bonds is 0. The van der Waals surface area contributed by atoms with Gasteiger partial charge >= 0.3 is 0 Å². The topological polar surface area (TPSA) is 25.8 Å². The summed E-state index contributed by atoms with van der Waals surface area (Å²) in [6.07, 6.45) is 3.42. The van der Waals surface area contributed by atoms with Crippen LogP contribution < -0.4 is 0 Å². The van der Waals surface area contributed by atoms with E-state index in [1.54, 1.807) is 12.4 Å². The summed E-state index contributed by atoms with van der Waals surface area (Å²) >= 11 is 2.94. The molecule has 1 aromatic heterocycles. The highest BCUT2D eigenvalue weighted by Crippen LogP contribution is 2.08. The van der Waals surface area contributed by atoms with Gasteiger partial charge in [-0.05, 0) is 30.5 Å². The summed E-state index contributed by atoms with van der Waals surface area (Å²) in [7, 11) is 0. The highest BCUT2D eigenvalue weighted by molar-refractivity contribution is 9.08. The number of hydrogen-bond donors (Lipinski definition) is 0. The number of halogens is 1. The van der Waals surface area contributed by atoms with Gasteiger partial charge in [-0.25, -0.2) is 0 Å². The van der Waals surface area contributed by atoms with Crippen molar-refractivity contribution in [3.05, 3.63) is 36.2 Å². The van der Waals surface area contributed by atoms with Gasteiger partial charge in [0.25, 0.3) is 0 Å². The van der Waals surface area contributed by atoms with E-state index < -0.39 is 0 Å². The number of benzene rings is 1. The highest BCUT2D eigenvalue weighted by atomic mass is 79.9. The van der Waals surface area contributed by atoms with Crippen molar-refractivity contribution in [2.75, 3.05) is 5.83 Å². The molecule has 13 heavy (non-hydrogen) atoms. The Balaban J connectivity index is 0.000000396. The molecule has 3 heteroatoms. The molecule has 0 N–H and O–H groups in total. The Kier molecular flexibility index (Phi) is 3.83. The lowest BCUT2D eigenvalue weighted by atomic mass is 10.2. The molecule has 2 rings (SSSR count). The summed E-state index contributed by atoms with van der Waals surface area (Å²) in [6, 6.07) is 6.05. The summed E-state index contributed by atoms with van der Waals surface area (Å²) < 4.78 is 0. The van der Waals surface area contributed by atoms with Gasteiger partial charge in [-0.2, -0.15) is 0 Å². The van der Waals surface area contributed by atoms with E-state index in [9.17, 15) is 0 Å². The number of hydrogen-bond acceptors (Lipinski definition) is 2. The fraction of sp³-hybridized carbons (Fsp3) is 0.200. The largest absolute Gasteiger partial charge is 0.253 e. The first-order valence-electron chi connectivity index (χ1n) is 3.91. The van der Waals surface area contributed by atoms with Crippen molar-refractivity contribution >= 4 is 27.0 Å². The van der Waals surface area contributed by atoms with Gasteiger partial charge in [0.1, 0.15) is 0 Å². The average molecular weight is 239 g/mol. The Morgan fingerprint density at radius 3 is 2.31 bits per heavy atom. The quantitative estimate of drug-likeness (QED) is 0.660. The van der Waals surface area contributed by atoms with E-state index in [4.69, 9.17) is 0 Å². The van der Waals surface area contributed by atoms with Crippen molar-refractivity contribution in [1.29, 1.82) is 0 Å². The molecule has 0 aliphatic carbocycles. The van der Waals surface area contributed by atoms with Crippen molar-refractivity contribution in [3.8, 4) is 0 Å². The van der Waals surface area contributed by atoms with E-state index in [2.05, 4.69) is 25.9 Å². The normalized spacial score (nSPS) is 9.15. The van der Waals surface area contributed by atoms with Gasteiger partial charge in [-0.1, -0.05) is 22.0 Å². The molecule has 1 heterocycles. The SMILES string of the molecule is CBr.Cc1ccc2nccnc2c1. The summed E-state index contributed by atoms with van der Waals surface area (Å²) in [5.41, 5.74) is 3.14. The van der Waals surface area contributed by atoms with Gasteiger partial charge in [0.15, 0.2) is 0 Å². The van der Waals surface area contributed by atoms with Gasteiger partial charge in [-0.3, -0.25) is 9.97 Å². The van der Waals surface area contributed by atoms with Gasteiger partial charge in [0, 0.05) is 12.4 Å². The minimum absolute atomic E-state index is 0.957. The van der Waals surface area contributed by atoms with Crippen molar-refractivity contribution in [3.63, 3.8) is 0 Å². The predicted molar refractivity (Wildman–Crippen MR) is 59.1 cm³/mol. The minimum atomic E-state index is 0.957. The van der Waals surface area contributed by atoms with Gasteiger partial charge in [-0.15, -0.1) is 0 Å². The van der Waals surface area contributed by atoms with Gasteiger partial charge in [0.2, 0.25) is 0 Å². The fourth-order valence-electron chi connectivity index (χ4n) is 1.07. The summed E-state index contributed by atoms with van der Waals surface area (Å²) in [6.45, 7) is 2.05. The third-order valence-electron chi connectivity index (χ3n) is 1.62. The van der Waals surface area contributed by atoms with Gasteiger partial charge in [0.05, 0.1) is 11.0 Å². The summed E-state index contributed by atoms with van der Waals surface area (Å²) in [5, 5.41) is 0. The molecule has 2 aromatic rings. The maximum absolute atomic E-state index is 4.18. The van der Waals surface area contributed by atoms with Crippen LogP contribution >= 0.6 is 15.9 Å². The molecular weight excluding hydrogens is 228 g/mol. The van der Waals surface area contributed by atoms with Crippen LogP contribution in [0.25, 0.3) is 11.0 Å². The smallest absolute Gasteiger partial charge is 0.0889 e. The molecule has 0 spiro atoms. The zero-order chi connectivity index (χ0) is 9.68. The molecule has 68 valence electrons. The number of alkyl halides is 1. The molecular formula is C10H11BrN2. The van der Waals surface area contributed by atoms with Crippen LogP contribution in [0.4, 0.5) is 0 Å². The van der Waals surface area contributed by atoms with E-state index in [1.165, 1.54) is 5.56 Å². The zero-order valence-corrected chi connectivity index (χ0v) is 9.25. The van der Waals surface area contributed by atoms with E-state index in [-0.39, 0.29) is 0 Å². The van der Waals surface area contributed by atoms with Crippen LogP contribution in [0.15, 0.2) is 30.6 Å². The minimum Gasteiger partial charge on any atom is -0.253 e. The lowest BCUT2D eigenvalue weighted by Crippen LogP contribution is -1.81. The first-order chi connectivity index (χ1) is 6.36. The Labute approximate surface area is 86.2 Å². The zero-order valence-electron chi connectivity index (χ0n) is 7.66. The van der Waals surface area contributed by atoms with Crippen LogP contribution in [0, 0.1) is 6.92 Å². The number of aromatic nitrogens is 2.